The van der Waals surface area contributed by atoms with Gasteiger partial charge < -0.3 is 18.9 Å². The second kappa shape index (κ2) is 14.6. The molecule has 0 aromatic carbocycles. The van der Waals surface area contributed by atoms with Crippen LogP contribution in [0.1, 0.15) is 32.6 Å². The highest BCUT2D eigenvalue weighted by atomic mass is 16.6. The molecule has 0 amide bonds. The maximum absolute atomic E-state index is 11.4. The molecule has 0 heterocycles. The van der Waals surface area contributed by atoms with Gasteiger partial charge in [-0.25, -0.2) is 4.79 Å². The van der Waals surface area contributed by atoms with Crippen molar-refractivity contribution < 1.29 is 38.1 Å². The van der Waals surface area contributed by atoms with E-state index >= 15 is 0 Å². The molecule has 0 N–H and O–H groups in total. The molecule has 0 aliphatic rings. The third-order valence-corrected chi connectivity index (χ3v) is 2.79. The normalized spacial score (nSPS) is 9.73. The molecule has 9 nitrogen and oxygen atoms in total. The van der Waals surface area contributed by atoms with E-state index in [-0.39, 0.29) is 51.4 Å². The molecule has 146 valence electrons. The molecule has 0 fully saturated rings. The molecule has 0 rings (SSSR count). The zero-order valence-electron chi connectivity index (χ0n) is 15.0. The minimum atomic E-state index is -0.538. The second-order valence-corrected chi connectivity index (χ2v) is 5.17. The zero-order chi connectivity index (χ0) is 19.8. The number of carbonyl (C=O) groups is 4. The molecule has 0 aromatic heterocycles. The summed E-state index contributed by atoms with van der Waals surface area (Å²) in [6.07, 6.45) is 1.21. The topological polar surface area (TPSA) is 118 Å². The molecule has 0 aliphatic heterocycles. The molecule has 0 aliphatic carbocycles. The van der Waals surface area contributed by atoms with Crippen molar-refractivity contribution in [3.63, 3.8) is 0 Å². The summed E-state index contributed by atoms with van der Waals surface area (Å²) in [5, 5.41) is 0. The Bertz CT molecular complexity index is 515. The number of aliphatic imine (C=N–C) groups is 1. The van der Waals surface area contributed by atoms with Crippen molar-refractivity contribution >= 4 is 30.6 Å². The Morgan fingerprint density at radius 2 is 1.19 bits per heavy atom. The van der Waals surface area contributed by atoms with E-state index in [4.69, 9.17) is 18.9 Å². The Hall–Kier alpha value is -2.71. The molecule has 26 heavy (non-hydrogen) atoms. The van der Waals surface area contributed by atoms with Gasteiger partial charge >= 0.3 is 23.9 Å². The van der Waals surface area contributed by atoms with Gasteiger partial charge in [0.2, 0.25) is 0 Å². The van der Waals surface area contributed by atoms with Gasteiger partial charge in [-0.2, -0.15) is 0 Å². The summed E-state index contributed by atoms with van der Waals surface area (Å²) in [4.78, 5) is 48.3. The van der Waals surface area contributed by atoms with E-state index in [1.165, 1.54) is 6.92 Å². The Balaban J connectivity index is 3.54. The maximum Gasteiger partial charge on any atom is 0.333 e. The molecule has 0 spiro atoms. The largest absolute Gasteiger partial charge is 0.462 e. The number of hydrogen-bond donors (Lipinski definition) is 0. The summed E-state index contributed by atoms with van der Waals surface area (Å²) in [7, 11) is 0. The van der Waals surface area contributed by atoms with Gasteiger partial charge in [0, 0.05) is 18.4 Å². The Morgan fingerprint density at radius 1 is 0.769 bits per heavy atom. The zero-order valence-corrected chi connectivity index (χ0v) is 15.0. The molecule has 0 unspecified atom stereocenters. The molecule has 9 heteroatoms. The number of unbranched alkanes of at least 4 members (excludes halogenated alkanes) is 1. The minimum Gasteiger partial charge on any atom is -0.462 e. The minimum absolute atomic E-state index is 0.0278. The number of rotatable bonds is 14. The van der Waals surface area contributed by atoms with E-state index in [0.717, 1.165) is 0 Å². The maximum atomic E-state index is 11.4. The smallest absolute Gasteiger partial charge is 0.333 e. The van der Waals surface area contributed by atoms with Crippen molar-refractivity contribution in [2.75, 3.05) is 33.0 Å². The molecule has 0 atom stereocenters. The van der Waals surface area contributed by atoms with Crippen LogP contribution in [0.5, 0.6) is 0 Å². The van der Waals surface area contributed by atoms with Crippen molar-refractivity contribution in [2.45, 2.75) is 32.6 Å². The second-order valence-electron chi connectivity index (χ2n) is 5.17. The van der Waals surface area contributed by atoms with Gasteiger partial charge in [-0.3, -0.25) is 19.4 Å². The third-order valence-electron chi connectivity index (χ3n) is 2.79. The van der Waals surface area contributed by atoms with Crippen molar-refractivity contribution in [3.05, 3.63) is 12.2 Å². The first-order chi connectivity index (χ1) is 12.4. The fraction of sp³-hybridized carbons (Fsp3) is 0.588. The molecule has 0 bridgehead atoms. The lowest BCUT2D eigenvalue weighted by molar-refractivity contribution is -0.151. The quantitative estimate of drug-likeness (QED) is 0.146. The van der Waals surface area contributed by atoms with Gasteiger partial charge in [-0.15, -0.1) is 0 Å². The summed E-state index contributed by atoms with van der Waals surface area (Å²) in [5.41, 5.74) is 0.273. The summed E-state index contributed by atoms with van der Waals surface area (Å²) < 4.78 is 19.2. The van der Waals surface area contributed by atoms with Gasteiger partial charge in [0.05, 0.1) is 0 Å². The Morgan fingerprint density at radius 3 is 1.62 bits per heavy atom. The highest BCUT2D eigenvalue weighted by Crippen LogP contribution is 2.03. The van der Waals surface area contributed by atoms with Crippen LogP contribution in [0, 0.1) is 0 Å². The van der Waals surface area contributed by atoms with Gasteiger partial charge in [0.1, 0.15) is 33.0 Å². The van der Waals surface area contributed by atoms with E-state index in [9.17, 15) is 19.2 Å². The van der Waals surface area contributed by atoms with Crippen LogP contribution < -0.4 is 0 Å². The van der Waals surface area contributed by atoms with Crippen LogP contribution in [-0.4, -0.2) is 63.6 Å². The first-order valence-electron chi connectivity index (χ1n) is 8.08. The van der Waals surface area contributed by atoms with Crippen LogP contribution >= 0.6 is 0 Å². The summed E-state index contributed by atoms with van der Waals surface area (Å²) in [5.74, 6) is -1.95. The van der Waals surface area contributed by atoms with Crippen molar-refractivity contribution in [1.29, 1.82) is 0 Å². The highest BCUT2D eigenvalue weighted by molar-refractivity contribution is 5.86. The number of hydrogen-bond acceptors (Lipinski definition) is 9. The lowest BCUT2D eigenvalue weighted by Gasteiger charge is -2.07. The monoisotopic (exact) mass is 371 g/mol. The van der Waals surface area contributed by atoms with Gasteiger partial charge in [-0.05, 0) is 26.5 Å². The van der Waals surface area contributed by atoms with Gasteiger partial charge in [-0.1, -0.05) is 6.58 Å². The third kappa shape index (κ3) is 13.7. The predicted molar refractivity (Wildman–Crippen MR) is 91.5 cm³/mol. The van der Waals surface area contributed by atoms with Crippen molar-refractivity contribution in [1.82, 2.24) is 0 Å². The van der Waals surface area contributed by atoms with Crippen LogP contribution in [0.15, 0.2) is 17.1 Å². The highest BCUT2D eigenvalue weighted by Gasteiger charge is 2.08. The molecular formula is C17H25NO8. The van der Waals surface area contributed by atoms with Crippen LogP contribution in [0.25, 0.3) is 0 Å². The summed E-state index contributed by atoms with van der Waals surface area (Å²) in [6, 6.07) is 0. The van der Waals surface area contributed by atoms with E-state index < -0.39 is 23.9 Å². The fourth-order valence-corrected chi connectivity index (χ4v) is 1.54. The van der Waals surface area contributed by atoms with Gasteiger partial charge in [0.15, 0.2) is 0 Å². The fourth-order valence-electron chi connectivity index (χ4n) is 1.54. The Labute approximate surface area is 152 Å². The molecule has 0 aromatic rings. The lowest BCUT2D eigenvalue weighted by atomic mass is 10.2. The average molecular weight is 371 g/mol. The van der Waals surface area contributed by atoms with Crippen LogP contribution in [0.4, 0.5) is 0 Å². The summed E-state index contributed by atoms with van der Waals surface area (Å²) in [6.45, 7) is 7.83. The van der Waals surface area contributed by atoms with E-state index in [0.29, 0.717) is 12.8 Å². The summed E-state index contributed by atoms with van der Waals surface area (Å²) >= 11 is 0. The average Bonchev–Trinajstić information content (AvgIpc) is 2.59. The van der Waals surface area contributed by atoms with Crippen LogP contribution in [-0.2, 0) is 38.1 Å². The molecule has 0 saturated carbocycles. The van der Waals surface area contributed by atoms with Crippen LogP contribution in [0.2, 0.25) is 0 Å². The van der Waals surface area contributed by atoms with E-state index in [1.54, 1.807) is 0 Å². The predicted octanol–water partition coefficient (Wildman–Crippen LogP) is 0.996. The first kappa shape index (κ1) is 23.3. The number of nitrogens with zero attached hydrogens (tertiary/aromatic N) is 1. The van der Waals surface area contributed by atoms with Crippen molar-refractivity contribution in [3.8, 4) is 0 Å². The lowest BCUT2D eigenvalue weighted by Crippen LogP contribution is -2.15. The number of carbonyl (C=O) groups excluding carboxylic acids is 4. The van der Waals surface area contributed by atoms with E-state index in [2.05, 4.69) is 18.3 Å². The first-order valence-corrected chi connectivity index (χ1v) is 8.08. The van der Waals surface area contributed by atoms with Crippen molar-refractivity contribution in [2.24, 2.45) is 4.99 Å². The number of ether oxygens (including phenoxy) is 4. The van der Waals surface area contributed by atoms with E-state index in [1.807, 2.05) is 0 Å². The van der Waals surface area contributed by atoms with Gasteiger partial charge in [0.25, 0.3) is 0 Å². The Kier molecular flexibility index (Phi) is 13.1. The standard InChI is InChI=1S/C17H25NO8/c1-13(2)17(22)26-11-10-24-15(20)7-5-4-6-14(19)23-8-9-25-16(21)12-18-3/h1,3-12H2,2H3. The molecular weight excluding hydrogens is 346 g/mol. The van der Waals surface area contributed by atoms with Crippen LogP contribution in [0.3, 0.4) is 0 Å². The molecule has 0 radical (unpaired) electrons. The number of esters is 4. The SMILES string of the molecule is C=NCC(=O)OCCOC(=O)CCCCC(=O)OCCOC(=O)C(=C)C. The molecule has 0 saturated heterocycles.